The molecule has 0 radical (unpaired) electrons. The average molecular weight is 462 g/mol. The normalized spacial score (nSPS) is 24.2. The SMILES string of the molecule is CC(C)(C)c1nnc(Nc2ccc(-c3ccc(C45CCC(CC(=O)O)(CC4)OC5)cc3)cc2)o1. The van der Waals surface area contributed by atoms with Crippen LogP contribution in [-0.2, 0) is 20.4 Å². The first-order valence-corrected chi connectivity index (χ1v) is 11.8. The van der Waals surface area contributed by atoms with Crippen LogP contribution in [0.5, 0.6) is 0 Å². The van der Waals surface area contributed by atoms with Crippen molar-refractivity contribution in [2.45, 2.75) is 69.3 Å². The number of carbonyl (C=O) groups is 1. The molecule has 0 unspecified atom stereocenters. The minimum atomic E-state index is -0.772. The van der Waals surface area contributed by atoms with E-state index < -0.39 is 11.6 Å². The number of anilines is 2. The van der Waals surface area contributed by atoms with Crippen LogP contribution in [0.4, 0.5) is 11.7 Å². The second kappa shape index (κ2) is 8.24. The lowest BCUT2D eigenvalue weighted by molar-refractivity contribution is -0.174. The molecule has 178 valence electrons. The summed E-state index contributed by atoms with van der Waals surface area (Å²) < 4.78 is 11.8. The van der Waals surface area contributed by atoms with Crippen molar-refractivity contribution in [3.8, 4) is 11.1 Å². The third kappa shape index (κ3) is 4.32. The number of carboxylic acids is 1. The fraction of sp³-hybridized carbons (Fsp3) is 0.444. The highest BCUT2D eigenvalue weighted by molar-refractivity contribution is 5.69. The highest BCUT2D eigenvalue weighted by Crippen LogP contribution is 2.51. The Hall–Kier alpha value is -3.19. The number of nitrogens with one attached hydrogen (secondary N) is 1. The second-order valence-electron chi connectivity index (χ2n) is 10.8. The highest BCUT2D eigenvalue weighted by Gasteiger charge is 2.51. The van der Waals surface area contributed by atoms with Crippen molar-refractivity contribution in [1.82, 2.24) is 10.2 Å². The van der Waals surface area contributed by atoms with Crippen LogP contribution in [0, 0.1) is 0 Å². The van der Waals surface area contributed by atoms with Crippen molar-refractivity contribution < 1.29 is 19.1 Å². The molecule has 1 saturated carbocycles. The van der Waals surface area contributed by atoms with Crippen LogP contribution in [0.1, 0.15) is 64.3 Å². The van der Waals surface area contributed by atoms with Gasteiger partial charge < -0.3 is 19.6 Å². The molecule has 2 aromatic carbocycles. The molecule has 3 aromatic rings. The molecule has 7 heteroatoms. The van der Waals surface area contributed by atoms with Crippen molar-refractivity contribution in [1.29, 1.82) is 0 Å². The summed E-state index contributed by atoms with van der Waals surface area (Å²) in [5, 5.41) is 20.6. The molecule has 3 heterocycles. The van der Waals surface area contributed by atoms with Gasteiger partial charge in [0, 0.05) is 16.5 Å². The van der Waals surface area contributed by atoms with E-state index in [0.29, 0.717) is 18.5 Å². The van der Waals surface area contributed by atoms with Crippen LogP contribution in [0.3, 0.4) is 0 Å². The van der Waals surface area contributed by atoms with E-state index in [9.17, 15) is 9.90 Å². The van der Waals surface area contributed by atoms with Gasteiger partial charge in [0.15, 0.2) is 0 Å². The van der Waals surface area contributed by atoms with Gasteiger partial charge in [-0.05, 0) is 54.5 Å². The lowest BCUT2D eigenvalue weighted by Crippen LogP contribution is -2.54. The highest BCUT2D eigenvalue weighted by atomic mass is 16.5. The van der Waals surface area contributed by atoms with E-state index in [1.54, 1.807) is 0 Å². The minimum absolute atomic E-state index is 0.00252. The third-order valence-corrected chi connectivity index (χ3v) is 7.28. The van der Waals surface area contributed by atoms with Crippen LogP contribution in [0.15, 0.2) is 52.9 Å². The Morgan fingerprint density at radius 2 is 1.59 bits per heavy atom. The smallest absolute Gasteiger partial charge is 0.320 e. The standard InChI is InChI=1S/C27H31N3O4/c1-25(2,3)23-29-30-24(34-23)28-21-10-6-19(7-11-21)18-4-8-20(9-5-18)26-12-14-27(15-13-26,33-17-26)16-22(31)32/h4-11H,12-17H2,1-3H3,(H,28,30)(H,31,32). The molecule has 3 aliphatic rings. The predicted molar refractivity (Wildman–Crippen MR) is 129 cm³/mol. The number of aliphatic carboxylic acids is 1. The Morgan fingerprint density at radius 1 is 0.971 bits per heavy atom. The van der Waals surface area contributed by atoms with E-state index in [1.165, 1.54) is 5.56 Å². The molecule has 3 fully saturated rings. The van der Waals surface area contributed by atoms with Gasteiger partial charge in [-0.3, -0.25) is 4.79 Å². The van der Waals surface area contributed by atoms with Gasteiger partial charge in [0.1, 0.15) is 0 Å². The van der Waals surface area contributed by atoms with Gasteiger partial charge in [0.25, 0.3) is 0 Å². The monoisotopic (exact) mass is 461 g/mol. The summed E-state index contributed by atoms with van der Waals surface area (Å²) >= 11 is 0. The molecule has 0 amide bonds. The lowest BCUT2D eigenvalue weighted by atomic mass is 9.62. The van der Waals surface area contributed by atoms with Crippen molar-refractivity contribution in [3.05, 3.63) is 60.0 Å². The van der Waals surface area contributed by atoms with Gasteiger partial charge in [0.2, 0.25) is 5.89 Å². The summed E-state index contributed by atoms with van der Waals surface area (Å²) in [6.45, 7) is 6.71. The number of carboxylic acid groups (broad SMARTS) is 1. The topological polar surface area (TPSA) is 97.5 Å². The van der Waals surface area contributed by atoms with Gasteiger partial charge in [-0.15, -0.1) is 5.10 Å². The molecule has 7 nitrogen and oxygen atoms in total. The summed E-state index contributed by atoms with van der Waals surface area (Å²) in [7, 11) is 0. The van der Waals surface area contributed by atoms with Crippen LogP contribution in [0.2, 0.25) is 0 Å². The Morgan fingerprint density at radius 3 is 2.09 bits per heavy atom. The maximum absolute atomic E-state index is 11.2. The van der Waals surface area contributed by atoms with Crippen LogP contribution < -0.4 is 5.32 Å². The zero-order valence-corrected chi connectivity index (χ0v) is 19.9. The van der Waals surface area contributed by atoms with Gasteiger partial charge in [-0.2, -0.15) is 0 Å². The van der Waals surface area contributed by atoms with E-state index in [4.69, 9.17) is 9.15 Å². The van der Waals surface area contributed by atoms with Crippen molar-refractivity contribution in [2.24, 2.45) is 0 Å². The Bertz CT molecular complexity index is 1150. The van der Waals surface area contributed by atoms with Crippen LogP contribution >= 0.6 is 0 Å². The second-order valence-corrected chi connectivity index (χ2v) is 10.8. The number of ether oxygens (including phenoxy) is 1. The third-order valence-electron chi connectivity index (χ3n) is 7.28. The molecule has 2 aliphatic heterocycles. The zero-order valence-electron chi connectivity index (χ0n) is 19.9. The number of hydrogen-bond donors (Lipinski definition) is 2. The lowest BCUT2D eigenvalue weighted by Gasteiger charge is -2.53. The van der Waals surface area contributed by atoms with Crippen molar-refractivity contribution in [2.75, 3.05) is 11.9 Å². The summed E-state index contributed by atoms with van der Waals surface area (Å²) in [6, 6.07) is 17.3. The molecule has 1 aromatic heterocycles. The van der Waals surface area contributed by atoms with E-state index in [2.05, 4.69) is 51.9 Å². The summed E-state index contributed by atoms with van der Waals surface area (Å²) in [6.07, 6.45) is 3.69. The molecule has 0 atom stereocenters. The molecule has 6 rings (SSSR count). The first-order chi connectivity index (χ1) is 16.2. The summed E-state index contributed by atoms with van der Waals surface area (Å²) in [4.78, 5) is 11.2. The average Bonchev–Trinajstić information content (AvgIpc) is 3.30. The number of benzene rings is 2. The quantitative estimate of drug-likeness (QED) is 0.476. The number of fused-ring (bicyclic) bond motifs is 3. The molecule has 2 N–H and O–H groups in total. The largest absolute Gasteiger partial charge is 0.481 e. The van der Waals surface area contributed by atoms with Gasteiger partial charge in [-0.25, -0.2) is 0 Å². The van der Waals surface area contributed by atoms with Crippen LogP contribution in [-0.4, -0.2) is 33.5 Å². The zero-order chi connectivity index (χ0) is 24.0. The fourth-order valence-corrected chi connectivity index (χ4v) is 5.10. The molecule has 2 saturated heterocycles. The van der Waals surface area contributed by atoms with E-state index >= 15 is 0 Å². The number of rotatable bonds is 6. The fourth-order valence-electron chi connectivity index (χ4n) is 5.10. The van der Waals surface area contributed by atoms with Gasteiger partial charge in [0.05, 0.1) is 18.6 Å². The first kappa shape index (κ1) is 22.6. The molecule has 0 spiro atoms. The molecular formula is C27H31N3O4. The Labute approximate surface area is 199 Å². The van der Waals surface area contributed by atoms with Crippen LogP contribution in [0.25, 0.3) is 11.1 Å². The summed E-state index contributed by atoms with van der Waals surface area (Å²) in [5.41, 5.74) is 3.79. The minimum Gasteiger partial charge on any atom is -0.481 e. The Kier molecular flexibility index (Phi) is 5.47. The van der Waals surface area contributed by atoms with E-state index in [-0.39, 0.29) is 17.3 Å². The van der Waals surface area contributed by atoms with Crippen molar-refractivity contribution >= 4 is 17.7 Å². The van der Waals surface area contributed by atoms with Gasteiger partial charge >= 0.3 is 12.0 Å². The van der Waals surface area contributed by atoms with E-state index in [0.717, 1.165) is 42.5 Å². The van der Waals surface area contributed by atoms with Gasteiger partial charge in [-0.1, -0.05) is 62.3 Å². The van der Waals surface area contributed by atoms with Crippen molar-refractivity contribution in [3.63, 3.8) is 0 Å². The maximum atomic E-state index is 11.2. The number of hydrogen-bond acceptors (Lipinski definition) is 6. The molecule has 2 bridgehead atoms. The number of aromatic nitrogens is 2. The number of nitrogens with zero attached hydrogens (tertiary/aromatic N) is 2. The molecular weight excluding hydrogens is 430 g/mol. The van der Waals surface area contributed by atoms with E-state index in [1.807, 2.05) is 32.9 Å². The maximum Gasteiger partial charge on any atom is 0.320 e. The predicted octanol–water partition coefficient (Wildman–Crippen LogP) is 5.83. The Balaban J connectivity index is 1.25. The molecule has 1 aliphatic carbocycles. The first-order valence-electron chi connectivity index (χ1n) is 11.8. The molecule has 34 heavy (non-hydrogen) atoms. The summed E-state index contributed by atoms with van der Waals surface area (Å²) in [5.74, 6) is -0.174.